The van der Waals surface area contributed by atoms with E-state index in [-0.39, 0.29) is 16.5 Å². The van der Waals surface area contributed by atoms with Crippen molar-refractivity contribution in [2.45, 2.75) is 0 Å². The normalized spacial score (nSPS) is 10.1. The van der Waals surface area contributed by atoms with E-state index in [9.17, 15) is 10.1 Å². The van der Waals surface area contributed by atoms with Crippen LogP contribution in [0.4, 0.5) is 5.69 Å². The summed E-state index contributed by atoms with van der Waals surface area (Å²) in [5.41, 5.74) is -0.0986. The van der Waals surface area contributed by atoms with Crippen molar-refractivity contribution in [2.24, 2.45) is 0 Å². The van der Waals surface area contributed by atoms with Gasteiger partial charge in [0.25, 0.3) is 5.69 Å². The number of nitro groups is 1. The molecule has 0 saturated heterocycles. The van der Waals surface area contributed by atoms with Gasteiger partial charge in [-0.25, -0.2) is 9.97 Å². The Labute approximate surface area is 120 Å². The first-order valence-corrected chi connectivity index (χ1v) is 6.11. The topological polar surface area (TPSA) is 78.2 Å². The van der Waals surface area contributed by atoms with Crippen LogP contribution in [-0.4, -0.2) is 14.9 Å². The highest BCUT2D eigenvalue weighted by molar-refractivity contribution is 14.1. The molecular formula is C10H5ClIN3O3. The van der Waals surface area contributed by atoms with Gasteiger partial charge >= 0.3 is 0 Å². The molecule has 6 nitrogen and oxygen atoms in total. The van der Waals surface area contributed by atoms with E-state index in [0.717, 1.165) is 0 Å². The second-order valence-electron chi connectivity index (χ2n) is 3.15. The van der Waals surface area contributed by atoms with Crippen molar-refractivity contribution in [1.29, 1.82) is 0 Å². The van der Waals surface area contributed by atoms with E-state index in [0.29, 0.717) is 9.45 Å². The summed E-state index contributed by atoms with van der Waals surface area (Å²) in [7, 11) is 0. The van der Waals surface area contributed by atoms with Gasteiger partial charge in [0, 0.05) is 12.3 Å². The molecule has 0 fully saturated rings. The molecule has 1 aromatic heterocycles. The molecule has 92 valence electrons. The Morgan fingerprint density at radius 2 is 2.22 bits per heavy atom. The van der Waals surface area contributed by atoms with Crippen LogP contribution in [0.3, 0.4) is 0 Å². The van der Waals surface area contributed by atoms with E-state index in [1.807, 2.05) is 22.6 Å². The van der Waals surface area contributed by atoms with E-state index in [1.54, 1.807) is 6.20 Å². The lowest BCUT2D eigenvalue weighted by Crippen LogP contribution is -1.94. The number of non-ortho nitro benzene ring substituents is 1. The third kappa shape index (κ3) is 2.85. The van der Waals surface area contributed by atoms with Gasteiger partial charge < -0.3 is 4.74 Å². The molecule has 0 aliphatic heterocycles. The minimum Gasteiger partial charge on any atom is -0.436 e. The highest BCUT2D eigenvalue weighted by Crippen LogP contribution is 2.33. The minimum absolute atomic E-state index is 0.0986. The summed E-state index contributed by atoms with van der Waals surface area (Å²) in [6.07, 6.45) is 2.89. The maximum atomic E-state index is 10.7. The van der Waals surface area contributed by atoms with Crippen molar-refractivity contribution in [3.8, 4) is 11.6 Å². The van der Waals surface area contributed by atoms with Crippen LogP contribution >= 0.6 is 34.2 Å². The van der Waals surface area contributed by atoms with Gasteiger partial charge in [0.05, 0.1) is 19.6 Å². The van der Waals surface area contributed by atoms with E-state index in [1.165, 1.54) is 24.5 Å². The zero-order valence-corrected chi connectivity index (χ0v) is 11.6. The second-order valence-corrected chi connectivity index (χ2v) is 4.72. The Balaban J connectivity index is 2.37. The van der Waals surface area contributed by atoms with E-state index >= 15 is 0 Å². The molecule has 0 N–H and O–H groups in total. The van der Waals surface area contributed by atoms with Gasteiger partial charge in [-0.2, -0.15) is 0 Å². The van der Waals surface area contributed by atoms with Crippen LogP contribution in [0.25, 0.3) is 0 Å². The molecule has 8 heteroatoms. The van der Waals surface area contributed by atoms with Crippen molar-refractivity contribution in [2.75, 3.05) is 0 Å². The number of ether oxygens (including phenoxy) is 1. The number of benzene rings is 1. The standard InChI is InChI=1S/C10H5ClIN3O3/c11-7-2-1-6(15(16)17)3-9(7)18-10-8(12)4-13-5-14-10/h1-5H. The summed E-state index contributed by atoms with van der Waals surface area (Å²) >= 11 is 7.90. The fourth-order valence-corrected chi connectivity index (χ4v) is 1.73. The fraction of sp³-hybridized carbons (Fsp3) is 0. The van der Waals surface area contributed by atoms with Crippen molar-refractivity contribution in [1.82, 2.24) is 9.97 Å². The summed E-state index contributed by atoms with van der Waals surface area (Å²) in [6, 6.07) is 3.96. The Hall–Kier alpha value is -1.48. The molecule has 0 amide bonds. The van der Waals surface area contributed by atoms with Crippen LogP contribution in [0.15, 0.2) is 30.7 Å². The zero-order valence-electron chi connectivity index (χ0n) is 8.71. The fourth-order valence-electron chi connectivity index (χ4n) is 1.16. The third-order valence-corrected chi connectivity index (χ3v) is 3.02. The molecule has 1 aromatic carbocycles. The maximum absolute atomic E-state index is 10.7. The van der Waals surface area contributed by atoms with Crippen LogP contribution < -0.4 is 4.74 Å². The molecule has 0 atom stereocenters. The lowest BCUT2D eigenvalue weighted by molar-refractivity contribution is -0.384. The van der Waals surface area contributed by atoms with E-state index in [4.69, 9.17) is 16.3 Å². The maximum Gasteiger partial charge on any atom is 0.273 e. The molecular weight excluding hydrogens is 372 g/mol. The molecule has 2 rings (SSSR count). The molecule has 1 heterocycles. The highest BCUT2D eigenvalue weighted by atomic mass is 127. The lowest BCUT2D eigenvalue weighted by Gasteiger charge is -2.07. The van der Waals surface area contributed by atoms with Crippen LogP contribution in [0.2, 0.25) is 5.02 Å². The molecule has 0 unspecified atom stereocenters. The zero-order chi connectivity index (χ0) is 13.1. The molecule has 2 aromatic rings. The van der Waals surface area contributed by atoms with Crippen LogP contribution in [-0.2, 0) is 0 Å². The van der Waals surface area contributed by atoms with Gasteiger partial charge in [0.15, 0.2) is 5.75 Å². The molecule has 0 saturated carbocycles. The smallest absolute Gasteiger partial charge is 0.273 e. The SMILES string of the molecule is O=[N+]([O-])c1ccc(Cl)c(Oc2ncncc2I)c1. The number of nitrogens with zero attached hydrogens (tertiary/aromatic N) is 3. The predicted octanol–water partition coefficient (Wildman–Crippen LogP) is 3.44. The van der Waals surface area contributed by atoms with Crippen LogP contribution in [0.1, 0.15) is 0 Å². The number of hydrogen-bond acceptors (Lipinski definition) is 5. The van der Waals surface area contributed by atoms with Crippen molar-refractivity contribution in [3.05, 3.63) is 49.4 Å². The number of nitro benzene ring substituents is 1. The van der Waals surface area contributed by atoms with Crippen molar-refractivity contribution in [3.63, 3.8) is 0 Å². The van der Waals surface area contributed by atoms with E-state index in [2.05, 4.69) is 9.97 Å². The van der Waals surface area contributed by atoms with Gasteiger partial charge in [-0.1, -0.05) is 11.6 Å². The van der Waals surface area contributed by atoms with E-state index < -0.39 is 4.92 Å². The van der Waals surface area contributed by atoms with Gasteiger partial charge in [-0.3, -0.25) is 10.1 Å². The Kier molecular flexibility index (Phi) is 3.92. The average molecular weight is 378 g/mol. The van der Waals surface area contributed by atoms with Crippen LogP contribution in [0, 0.1) is 13.7 Å². The Morgan fingerprint density at radius 1 is 1.44 bits per heavy atom. The molecule has 0 bridgehead atoms. The Morgan fingerprint density at radius 3 is 2.89 bits per heavy atom. The number of halogens is 2. The molecule has 0 aliphatic carbocycles. The Bertz CT molecular complexity index is 609. The average Bonchev–Trinajstić information content (AvgIpc) is 2.34. The van der Waals surface area contributed by atoms with Crippen molar-refractivity contribution < 1.29 is 9.66 Å². The number of aromatic nitrogens is 2. The molecule has 0 radical (unpaired) electrons. The summed E-state index contributed by atoms with van der Waals surface area (Å²) in [6.45, 7) is 0. The van der Waals surface area contributed by atoms with Gasteiger partial charge in [-0.15, -0.1) is 0 Å². The largest absolute Gasteiger partial charge is 0.436 e. The summed E-state index contributed by atoms with van der Waals surface area (Å²) < 4.78 is 6.11. The van der Waals surface area contributed by atoms with Gasteiger partial charge in [-0.05, 0) is 28.7 Å². The molecule has 0 spiro atoms. The van der Waals surface area contributed by atoms with Crippen LogP contribution in [0.5, 0.6) is 11.6 Å². The first-order valence-electron chi connectivity index (χ1n) is 4.65. The summed E-state index contributed by atoms with van der Waals surface area (Å²) in [5.74, 6) is 0.482. The summed E-state index contributed by atoms with van der Waals surface area (Å²) in [5, 5.41) is 10.9. The molecule has 0 aliphatic rings. The molecule has 18 heavy (non-hydrogen) atoms. The quantitative estimate of drug-likeness (QED) is 0.465. The first-order chi connectivity index (χ1) is 8.58. The monoisotopic (exact) mass is 377 g/mol. The third-order valence-electron chi connectivity index (χ3n) is 1.97. The minimum atomic E-state index is -0.520. The number of rotatable bonds is 3. The van der Waals surface area contributed by atoms with Gasteiger partial charge in [0.2, 0.25) is 5.88 Å². The van der Waals surface area contributed by atoms with Crippen molar-refractivity contribution >= 4 is 39.9 Å². The second kappa shape index (κ2) is 5.44. The van der Waals surface area contributed by atoms with Gasteiger partial charge in [0.1, 0.15) is 6.33 Å². The number of hydrogen-bond donors (Lipinski definition) is 0. The summed E-state index contributed by atoms with van der Waals surface area (Å²) in [4.78, 5) is 17.9. The highest BCUT2D eigenvalue weighted by Gasteiger charge is 2.13. The predicted molar refractivity (Wildman–Crippen MR) is 72.9 cm³/mol. The lowest BCUT2D eigenvalue weighted by atomic mass is 10.3. The first kappa shape index (κ1) is 13.0.